The molecule has 0 aliphatic rings. The molecule has 0 aliphatic heterocycles. The van der Waals surface area contributed by atoms with Gasteiger partial charge in [0.2, 0.25) is 11.8 Å². The largest absolute Gasteiger partial charge is 0.394 e. The monoisotopic (exact) mass is 786 g/mol. The van der Waals surface area contributed by atoms with Gasteiger partial charge in [-0.1, -0.05) is 62.4 Å². The molecule has 0 saturated carbocycles. The van der Waals surface area contributed by atoms with Gasteiger partial charge in [0.1, 0.15) is 5.82 Å². The van der Waals surface area contributed by atoms with Crippen LogP contribution in [0.15, 0.2) is 78.9 Å². The zero-order valence-electron chi connectivity index (χ0n) is 33.4. The fourth-order valence-electron chi connectivity index (χ4n) is 6.39. The fourth-order valence-corrected chi connectivity index (χ4v) is 6.39. The van der Waals surface area contributed by atoms with E-state index in [0.29, 0.717) is 87.2 Å². The molecule has 308 valence electrons. The third kappa shape index (κ3) is 14.7. The van der Waals surface area contributed by atoms with E-state index in [9.17, 15) is 19.2 Å². The van der Waals surface area contributed by atoms with Crippen LogP contribution in [0, 0.1) is 0 Å². The summed E-state index contributed by atoms with van der Waals surface area (Å²) in [4.78, 5) is 59.7. The molecule has 4 rings (SSSR count). The van der Waals surface area contributed by atoms with Crippen LogP contribution in [0.5, 0.6) is 0 Å². The number of para-hydroxylation sites is 2. The third-order valence-corrected chi connectivity index (χ3v) is 9.50. The van der Waals surface area contributed by atoms with Crippen molar-refractivity contribution in [2.24, 2.45) is 0 Å². The number of anilines is 2. The molecule has 3 aromatic carbocycles. The normalized spacial score (nSPS) is 11.3. The molecule has 0 saturated heterocycles. The second-order valence-electron chi connectivity index (χ2n) is 13.6. The number of fused-ring (bicyclic) bond motifs is 1. The molecule has 5 N–H and O–H groups in total. The Morgan fingerprint density at radius 2 is 1.44 bits per heavy atom. The summed E-state index contributed by atoms with van der Waals surface area (Å²) in [5.41, 5.74) is 3.12. The Morgan fingerprint density at radius 3 is 2.16 bits per heavy atom. The van der Waals surface area contributed by atoms with Crippen molar-refractivity contribution >= 4 is 46.0 Å². The van der Waals surface area contributed by atoms with Crippen molar-refractivity contribution < 1.29 is 38.5 Å². The van der Waals surface area contributed by atoms with Gasteiger partial charge < -0.3 is 45.2 Å². The SMILES string of the molecule is CCC(CC)N(CCN(C)C(=O)CCC(=O)NCCOCCOCCOCCO)Cc1cccc(C(=O)Nc2[nH]c3ccccc3c2C(=O)Nc2ccccc2)c1. The predicted molar refractivity (Wildman–Crippen MR) is 221 cm³/mol. The lowest BCUT2D eigenvalue weighted by molar-refractivity contribution is -0.132. The Hall–Kier alpha value is -5.12. The van der Waals surface area contributed by atoms with Gasteiger partial charge in [0, 0.05) is 74.3 Å². The molecule has 1 heterocycles. The number of carbonyl (C=O) groups is 4. The number of nitrogens with zero attached hydrogens (tertiary/aromatic N) is 2. The third-order valence-electron chi connectivity index (χ3n) is 9.50. The second kappa shape index (κ2) is 24.5. The Labute approximate surface area is 335 Å². The molecule has 4 aromatic rings. The number of benzene rings is 3. The standard InChI is InChI=1S/C43H58N6O8/c1-4-35(5-2)49(22-21-48(3)39(52)19-18-38(51)44-20-24-55-26-28-57-29-27-56-25-23-50)31-32-12-11-13-33(30-32)42(53)47-41-40(36-16-9-10-17-37(36)46-41)43(54)45-34-14-7-6-8-15-34/h6-17,30,35,46,50H,4-5,18-29,31H2,1-3H3,(H,44,51)(H,45,54)(H,47,53). The highest BCUT2D eigenvalue weighted by Crippen LogP contribution is 2.28. The van der Waals surface area contributed by atoms with Crippen LogP contribution in [0.4, 0.5) is 11.5 Å². The number of aliphatic hydroxyl groups is 1. The van der Waals surface area contributed by atoms with Crippen LogP contribution in [-0.4, -0.2) is 122 Å². The number of rotatable bonds is 26. The maximum atomic E-state index is 13.7. The molecule has 1 aromatic heterocycles. The van der Waals surface area contributed by atoms with E-state index in [1.807, 2.05) is 60.7 Å². The average molecular weight is 787 g/mol. The average Bonchev–Trinajstić information content (AvgIpc) is 3.59. The molecule has 57 heavy (non-hydrogen) atoms. The minimum absolute atomic E-state index is 0.0174. The van der Waals surface area contributed by atoms with E-state index in [1.54, 1.807) is 30.1 Å². The van der Waals surface area contributed by atoms with E-state index < -0.39 is 0 Å². The number of hydrogen-bond acceptors (Lipinski definition) is 9. The lowest BCUT2D eigenvalue weighted by atomic mass is 10.1. The van der Waals surface area contributed by atoms with Crippen LogP contribution in [0.3, 0.4) is 0 Å². The Morgan fingerprint density at radius 1 is 0.754 bits per heavy atom. The lowest BCUT2D eigenvalue weighted by Crippen LogP contribution is -2.41. The van der Waals surface area contributed by atoms with Crippen LogP contribution in [-0.2, 0) is 30.3 Å². The van der Waals surface area contributed by atoms with Gasteiger partial charge in [0.05, 0.1) is 51.8 Å². The lowest BCUT2D eigenvalue weighted by Gasteiger charge is -2.32. The van der Waals surface area contributed by atoms with Crippen LogP contribution in [0.1, 0.15) is 65.8 Å². The number of aromatic amines is 1. The summed E-state index contributed by atoms with van der Waals surface area (Å²) in [6.07, 6.45) is 2.02. The quantitative estimate of drug-likeness (QED) is 0.0546. The zero-order valence-corrected chi connectivity index (χ0v) is 33.4. The van der Waals surface area contributed by atoms with Crippen molar-refractivity contribution in [2.75, 3.05) is 83.6 Å². The molecule has 0 spiro atoms. The number of H-pyrrole nitrogens is 1. The highest BCUT2D eigenvalue weighted by molar-refractivity contribution is 6.19. The minimum Gasteiger partial charge on any atom is -0.394 e. The van der Waals surface area contributed by atoms with E-state index in [-0.39, 0.29) is 55.7 Å². The Bertz CT molecular complexity index is 1850. The number of ether oxygens (including phenoxy) is 3. The van der Waals surface area contributed by atoms with E-state index in [2.05, 4.69) is 39.7 Å². The maximum absolute atomic E-state index is 13.7. The van der Waals surface area contributed by atoms with Crippen LogP contribution in [0.2, 0.25) is 0 Å². The minimum atomic E-state index is -0.351. The fraction of sp³-hybridized carbons (Fsp3) is 0.442. The molecule has 0 unspecified atom stereocenters. The van der Waals surface area contributed by atoms with Crippen LogP contribution < -0.4 is 16.0 Å². The predicted octanol–water partition coefficient (Wildman–Crippen LogP) is 5.06. The molecule has 0 fully saturated rings. The summed E-state index contributed by atoms with van der Waals surface area (Å²) < 4.78 is 15.9. The van der Waals surface area contributed by atoms with Gasteiger partial charge in [0.15, 0.2) is 0 Å². The van der Waals surface area contributed by atoms with Crippen molar-refractivity contribution in [1.29, 1.82) is 0 Å². The highest BCUT2D eigenvalue weighted by Gasteiger charge is 2.22. The number of amides is 4. The van der Waals surface area contributed by atoms with Crippen LogP contribution in [0.25, 0.3) is 10.9 Å². The Kier molecular flexibility index (Phi) is 19.2. The highest BCUT2D eigenvalue weighted by atomic mass is 16.5. The van der Waals surface area contributed by atoms with Crippen molar-refractivity contribution in [3.8, 4) is 0 Å². The van der Waals surface area contributed by atoms with Crippen molar-refractivity contribution in [2.45, 2.75) is 52.1 Å². The van der Waals surface area contributed by atoms with Crippen molar-refractivity contribution in [3.05, 3.63) is 95.6 Å². The first-order chi connectivity index (χ1) is 27.7. The summed E-state index contributed by atoms with van der Waals surface area (Å²) >= 11 is 0. The van der Waals surface area contributed by atoms with Gasteiger partial charge in [-0.05, 0) is 48.7 Å². The van der Waals surface area contributed by atoms with Gasteiger partial charge in [0.25, 0.3) is 11.8 Å². The van der Waals surface area contributed by atoms with E-state index in [4.69, 9.17) is 19.3 Å². The first kappa shape index (κ1) is 44.6. The van der Waals surface area contributed by atoms with E-state index in [0.717, 1.165) is 23.9 Å². The van der Waals surface area contributed by atoms with E-state index >= 15 is 0 Å². The summed E-state index contributed by atoms with van der Waals surface area (Å²) in [5, 5.41) is 18.0. The van der Waals surface area contributed by atoms with E-state index in [1.165, 1.54) is 0 Å². The number of hydrogen-bond donors (Lipinski definition) is 5. The topological polar surface area (TPSA) is 175 Å². The molecular weight excluding hydrogens is 729 g/mol. The first-order valence-corrected chi connectivity index (χ1v) is 19.7. The summed E-state index contributed by atoms with van der Waals surface area (Å²) in [6, 6.07) is 24.3. The molecule has 14 heteroatoms. The molecule has 0 radical (unpaired) electrons. The van der Waals surface area contributed by atoms with Crippen molar-refractivity contribution in [3.63, 3.8) is 0 Å². The van der Waals surface area contributed by atoms with Gasteiger partial charge in [-0.15, -0.1) is 0 Å². The van der Waals surface area contributed by atoms with Crippen molar-refractivity contribution in [1.82, 2.24) is 20.1 Å². The molecule has 0 aliphatic carbocycles. The number of likely N-dealkylation sites (N-methyl/N-ethyl adjacent to an activating group) is 1. The maximum Gasteiger partial charge on any atom is 0.260 e. The Balaban J connectivity index is 1.27. The number of aliphatic hydroxyl groups excluding tert-OH is 1. The molecule has 0 bridgehead atoms. The summed E-state index contributed by atoms with van der Waals surface area (Å²) in [6.45, 7) is 8.51. The van der Waals surface area contributed by atoms with Gasteiger partial charge >= 0.3 is 0 Å². The van der Waals surface area contributed by atoms with Gasteiger partial charge in [-0.2, -0.15) is 0 Å². The molecule has 0 atom stereocenters. The summed E-state index contributed by atoms with van der Waals surface area (Å²) in [7, 11) is 1.75. The first-order valence-electron chi connectivity index (χ1n) is 19.7. The van der Waals surface area contributed by atoms with Crippen LogP contribution >= 0.6 is 0 Å². The smallest absolute Gasteiger partial charge is 0.260 e. The number of aromatic nitrogens is 1. The van der Waals surface area contributed by atoms with Gasteiger partial charge in [-0.25, -0.2) is 0 Å². The molecule has 4 amide bonds. The summed E-state index contributed by atoms with van der Waals surface area (Å²) in [5.74, 6) is -0.701. The second-order valence-corrected chi connectivity index (χ2v) is 13.6. The molecule has 14 nitrogen and oxygen atoms in total. The van der Waals surface area contributed by atoms with Gasteiger partial charge in [-0.3, -0.25) is 24.1 Å². The number of carbonyl (C=O) groups excluding carboxylic acids is 4. The number of nitrogens with one attached hydrogen (secondary N) is 4. The zero-order chi connectivity index (χ0) is 40.8. The molecular formula is C43H58N6O8.